The number of carbonyl (C=O) groups is 2. The third kappa shape index (κ3) is 3.46. The van der Waals surface area contributed by atoms with Crippen LogP contribution in [0.5, 0.6) is 0 Å². The highest BCUT2D eigenvalue weighted by Gasteiger charge is 2.39. The van der Waals surface area contributed by atoms with Gasteiger partial charge in [-0.1, -0.05) is 37.3 Å². The zero-order valence-corrected chi connectivity index (χ0v) is 16.3. The fraction of sp³-hybridized carbons (Fsp3) is 0.304. The van der Waals surface area contributed by atoms with Crippen molar-refractivity contribution in [1.29, 1.82) is 0 Å². The lowest BCUT2D eigenvalue weighted by Gasteiger charge is -2.38. The van der Waals surface area contributed by atoms with Crippen LogP contribution in [0.3, 0.4) is 0 Å². The van der Waals surface area contributed by atoms with Crippen LogP contribution >= 0.6 is 0 Å². The van der Waals surface area contributed by atoms with E-state index in [-0.39, 0.29) is 29.7 Å². The normalized spacial score (nSPS) is 19.3. The first-order chi connectivity index (χ1) is 14.0. The van der Waals surface area contributed by atoms with Crippen LogP contribution in [-0.2, 0) is 16.0 Å². The summed E-state index contributed by atoms with van der Waals surface area (Å²) in [7, 11) is 0. The number of nitro benzene ring substituents is 1. The molecule has 0 saturated heterocycles. The summed E-state index contributed by atoms with van der Waals surface area (Å²) in [5.41, 5.74) is 3.94. The average Bonchev–Trinajstić information content (AvgIpc) is 2.73. The summed E-state index contributed by atoms with van der Waals surface area (Å²) in [6.07, 6.45) is 2.87. The number of ketones is 1. The number of rotatable bonds is 4. The zero-order valence-electron chi connectivity index (χ0n) is 16.3. The first-order valence-corrected chi connectivity index (χ1v) is 9.92. The molecule has 6 heteroatoms. The minimum Gasteiger partial charge on any atom is -0.294 e. The highest BCUT2D eigenvalue weighted by atomic mass is 16.6. The van der Waals surface area contributed by atoms with Crippen molar-refractivity contribution in [3.05, 3.63) is 81.0 Å². The van der Waals surface area contributed by atoms with Gasteiger partial charge >= 0.3 is 0 Å². The van der Waals surface area contributed by atoms with Crippen molar-refractivity contribution in [2.45, 2.75) is 44.9 Å². The Balaban J connectivity index is 1.82. The Hall–Kier alpha value is -3.28. The molecule has 0 radical (unpaired) electrons. The van der Waals surface area contributed by atoms with Crippen molar-refractivity contribution < 1.29 is 14.5 Å². The van der Waals surface area contributed by atoms with E-state index in [4.69, 9.17) is 0 Å². The van der Waals surface area contributed by atoms with E-state index in [1.54, 1.807) is 12.1 Å². The molecule has 1 aliphatic heterocycles. The van der Waals surface area contributed by atoms with E-state index in [1.807, 2.05) is 24.3 Å². The number of carbonyl (C=O) groups excluding carboxylic acids is 2. The maximum absolute atomic E-state index is 13.2. The summed E-state index contributed by atoms with van der Waals surface area (Å²) < 4.78 is 0. The minimum absolute atomic E-state index is 0.0683. The summed E-state index contributed by atoms with van der Waals surface area (Å²) in [6.45, 7) is 2.08. The lowest BCUT2D eigenvalue weighted by atomic mass is 9.77. The molecule has 0 N–H and O–H groups in total. The van der Waals surface area contributed by atoms with Gasteiger partial charge in [-0.25, -0.2) is 0 Å². The van der Waals surface area contributed by atoms with E-state index in [0.717, 1.165) is 12.0 Å². The molecule has 2 aromatic rings. The second kappa shape index (κ2) is 7.62. The SMILES string of the molecule is CCc1ccc(C2CC(=O)N(c3cccc([N+](=O)[O-])c3)C3=C2C(=O)CCC3)cc1. The van der Waals surface area contributed by atoms with Gasteiger partial charge in [0.1, 0.15) is 0 Å². The standard InChI is InChI=1S/C23H22N2O4/c1-2-15-9-11-16(12-10-15)19-14-22(27)24(20-7-4-8-21(26)23(19)20)17-5-3-6-18(13-17)25(28)29/h3,5-6,9-13,19H,2,4,7-8,14H2,1H3. The number of aryl methyl sites for hydroxylation is 1. The van der Waals surface area contributed by atoms with E-state index in [9.17, 15) is 19.7 Å². The van der Waals surface area contributed by atoms with Crippen molar-refractivity contribution in [1.82, 2.24) is 0 Å². The van der Waals surface area contributed by atoms with Crippen LogP contribution < -0.4 is 4.90 Å². The van der Waals surface area contributed by atoms with Gasteiger partial charge in [0, 0.05) is 42.2 Å². The van der Waals surface area contributed by atoms with Gasteiger partial charge in [0.2, 0.25) is 5.91 Å². The molecule has 1 atom stereocenters. The second-order valence-electron chi connectivity index (χ2n) is 7.50. The van der Waals surface area contributed by atoms with Crippen LogP contribution in [0.1, 0.15) is 49.7 Å². The lowest BCUT2D eigenvalue weighted by molar-refractivity contribution is -0.384. The monoisotopic (exact) mass is 390 g/mol. The van der Waals surface area contributed by atoms with Crippen LogP contribution in [0.4, 0.5) is 11.4 Å². The summed E-state index contributed by atoms with van der Waals surface area (Å²) >= 11 is 0. The Labute approximate surface area is 169 Å². The average molecular weight is 390 g/mol. The molecule has 2 aromatic carbocycles. The highest BCUT2D eigenvalue weighted by molar-refractivity contribution is 6.07. The number of amides is 1. The number of nitrogens with zero attached hydrogens (tertiary/aromatic N) is 2. The summed E-state index contributed by atoms with van der Waals surface area (Å²) in [6, 6.07) is 14.2. The first kappa shape index (κ1) is 19.1. The van der Waals surface area contributed by atoms with Crippen molar-refractivity contribution in [3.8, 4) is 0 Å². The fourth-order valence-corrected chi connectivity index (χ4v) is 4.31. The number of benzene rings is 2. The first-order valence-electron chi connectivity index (χ1n) is 9.92. The van der Waals surface area contributed by atoms with E-state index in [1.165, 1.54) is 22.6 Å². The van der Waals surface area contributed by atoms with Crippen molar-refractivity contribution >= 4 is 23.1 Å². The van der Waals surface area contributed by atoms with Gasteiger partial charge < -0.3 is 0 Å². The van der Waals surface area contributed by atoms with Gasteiger partial charge in [-0.3, -0.25) is 24.6 Å². The number of Topliss-reactive ketones (excluding diaryl/α,β-unsaturated/α-hetero) is 1. The lowest BCUT2D eigenvalue weighted by Crippen LogP contribution is -2.40. The molecule has 1 amide bonds. The van der Waals surface area contributed by atoms with E-state index in [0.29, 0.717) is 36.2 Å². The largest absolute Gasteiger partial charge is 0.294 e. The van der Waals surface area contributed by atoms with E-state index >= 15 is 0 Å². The van der Waals surface area contributed by atoms with Gasteiger partial charge in [0.25, 0.3) is 5.69 Å². The maximum atomic E-state index is 13.2. The Morgan fingerprint density at radius 1 is 1.10 bits per heavy atom. The van der Waals surface area contributed by atoms with Crippen molar-refractivity contribution in [2.24, 2.45) is 0 Å². The van der Waals surface area contributed by atoms with Gasteiger partial charge in [-0.05, 0) is 36.5 Å². The fourth-order valence-electron chi connectivity index (χ4n) is 4.31. The van der Waals surface area contributed by atoms with Gasteiger partial charge in [-0.2, -0.15) is 0 Å². The molecule has 0 saturated carbocycles. The molecular weight excluding hydrogens is 368 g/mol. The predicted molar refractivity (Wildman–Crippen MR) is 110 cm³/mol. The van der Waals surface area contributed by atoms with Crippen molar-refractivity contribution in [2.75, 3.05) is 4.90 Å². The van der Waals surface area contributed by atoms with Gasteiger partial charge in [0.15, 0.2) is 5.78 Å². The van der Waals surface area contributed by atoms with Crippen LogP contribution in [0.25, 0.3) is 0 Å². The third-order valence-electron chi connectivity index (χ3n) is 5.76. The summed E-state index contributed by atoms with van der Waals surface area (Å²) in [5.74, 6) is -0.326. The Morgan fingerprint density at radius 2 is 1.86 bits per heavy atom. The molecule has 148 valence electrons. The quantitative estimate of drug-likeness (QED) is 0.560. The van der Waals surface area contributed by atoms with Crippen LogP contribution in [0, 0.1) is 10.1 Å². The molecule has 1 aliphatic carbocycles. The molecule has 2 aliphatic rings. The summed E-state index contributed by atoms with van der Waals surface area (Å²) in [4.78, 5) is 38.3. The van der Waals surface area contributed by atoms with Crippen LogP contribution in [0.2, 0.25) is 0 Å². The molecule has 0 bridgehead atoms. The maximum Gasteiger partial charge on any atom is 0.271 e. The molecule has 6 nitrogen and oxygen atoms in total. The highest BCUT2D eigenvalue weighted by Crippen LogP contribution is 2.43. The number of anilines is 1. The molecule has 1 heterocycles. The molecule has 29 heavy (non-hydrogen) atoms. The van der Waals surface area contributed by atoms with E-state index in [2.05, 4.69) is 6.92 Å². The molecular formula is C23H22N2O4. The zero-order chi connectivity index (χ0) is 20.5. The Bertz CT molecular complexity index is 1020. The Morgan fingerprint density at radius 3 is 2.55 bits per heavy atom. The number of hydrogen-bond acceptors (Lipinski definition) is 4. The predicted octanol–water partition coefficient (Wildman–Crippen LogP) is 4.68. The summed E-state index contributed by atoms with van der Waals surface area (Å²) in [5, 5.41) is 11.2. The number of hydrogen-bond donors (Lipinski definition) is 0. The number of non-ortho nitro benzene ring substituents is 1. The van der Waals surface area contributed by atoms with Gasteiger partial charge in [0.05, 0.1) is 10.6 Å². The number of allylic oxidation sites excluding steroid dienone is 2. The second-order valence-corrected chi connectivity index (χ2v) is 7.50. The Kier molecular flexibility index (Phi) is 5.01. The minimum atomic E-state index is -0.475. The molecule has 0 aromatic heterocycles. The molecule has 0 fully saturated rings. The smallest absolute Gasteiger partial charge is 0.271 e. The number of nitro groups is 1. The van der Waals surface area contributed by atoms with E-state index < -0.39 is 4.92 Å². The van der Waals surface area contributed by atoms with Crippen LogP contribution in [0.15, 0.2) is 59.8 Å². The molecule has 4 rings (SSSR count). The van der Waals surface area contributed by atoms with Crippen LogP contribution in [-0.4, -0.2) is 16.6 Å². The molecule has 0 spiro atoms. The van der Waals surface area contributed by atoms with Gasteiger partial charge in [-0.15, -0.1) is 0 Å². The topological polar surface area (TPSA) is 80.5 Å². The molecule has 1 unspecified atom stereocenters. The third-order valence-corrected chi connectivity index (χ3v) is 5.76. The van der Waals surface area contributed by atoms with Crippen molar-refractivity contribution in [3.63, 3.8) is 0 Å².